The Kier molecular flexibility index (Phi) is 5.20. The van der Waals surface area contributed by atoms with Gasteiger partial charge in [-0.3, -0.25) is 14.2 Å². The number of nitrogens with zero attached hydrogens (tertiary/aromatic N) is 4. The number of nitrogens with two attached hydrogens (primary N) is 1. The highest BCUT2D eigenvalue weighted by molar-refractivity contribution is 7.83. The van der Waals surface area contributed by atoms with Crippen molar-refractivity contribution in [3.05, 3.63) is 11.5 Å². The Balaban J connectivity index is 2.26. The van der Waals surface area contributed by atoms with Crippen molar-refractivity contribution in [3.8, 4) is 0 Å². The average molecular weight is 428 g/mol. The van der Waals surface area contributed by atoms with Crippen LogP contribution in [0, 0.1) is 5.92 Å². The summed E-state index contributed by atoms with van der Waals surface area (Å²) in [6.07, 6.45) is -0.432. The number of thiol groups is 1. The topological polar surface area (TPSA) is 133 Å². The van der Waals surface area contributed by atoms with E-state index in [0.29, 0.717) is 6.42 Å². The van der Waals surface area contributed by atoms with Crippen molar-refractivity contribution in [1.29, 1.82) is 0 Å². The summed E-state index contributed by atoms with van der Waals surface area (Å²) in [5.41, 5.74) is 4.01. The normalized spacial score (nSPS) is 30.3. The second kappa shape index (κ2) is 6.94. The average Bonchev–Trinajstić information content (AvgIpc) is 3.08. The lowest BCUT2D eigenvalue weighted by Crippen LogP contribution is -2.62. The van der Waals surface area contributed by atoms with Gasteiger partial charge in [-0.2, -0.15) is 22.6 Å². The second-order valence-electron chi connectivity index (χ2n) is 7.45. The van der Waals surface area contributed by atoms with Gasteiger partial charge in [0.25, 0.3) is 0 Å². The molecule has 1 fully saturated rings. The minimum absolute atomic E-state index is 0.0346. The summed E-state index contributed by atoms with van der Waals surface area (Å²) in [5, 5.41) is 11.5. The third-order valence-electron chi connectivity index (χ3n) is 5.11. The zero-order chi connectivity index (χ0) is 21.0. The Morgan fingerprint density at radius 3 is 2.57 bits per heavy atom. The number of hydrogen-bond acceptors (Lipinski definition) is 9. The quantitative estimate of drug-likeness (QED) is 0.483. The maximum atomic E-state index is 12.7. The molecule has 1 aliphatic heterocycles. The highest BCUT2D eigenvalue weighted by Crippen LogP contribution is 2.53. The zero-order valence-electron chi connectivity index (χ0n) is 15.9. The molecule has 152 valence electrons. The van der Waals surface area contributed by atoms with Crippen LogP contribution in [0.2, 0.25) is 5.15 Å². The molecule has 9 nitrogen and oxygen atoms in total. The molecule has 11 heteroatoms. The summed E-state index contributed by atoms with van der Waals surface area (Å²) in [6, 6.07) is 0. The number of imidazole rings is 1. The molecule has 0 saturated carbocycles. The lowest BCUT2D eigenvalue weighted by Gasteiger charge is -2.38. The van der Waals surface area contributed by atoms with Crippen LogP contribution >= 0.6 is 24.2 Å². The van der Waals surface area contributed by atoms with Gasteiger partial charge in [0, 0.05) is 0 Å². The summed E-state index contributed by atoms with van der Waals surface area (Å²) in [6.45, 7) is 6.32. The number of Topliss-reactive ketones (excluding diaryl/α,β-unsaturated/α-hetero) is 2. The number of anilines is 1. The van der Waals surface area contributed by atoms with Crippen LogP contribution in [0.4, 0.5) is 5.95 Å². The first kappa shape index (κ1) is 21.0. The Morgan fingerprint density at radius 2 is 2.04 bits per heavy atom. The monoisotopic (exact) mass is 427 g/mol. The van der Waals surface area contributed by atoms with Crippen LogP contribution < -0.4 is 5.73 Å². The van der Waals surface area contributed by atoms with Crippen LogP contribution in [0.1, 0.15) is 40.3 Å². The maximum Gasteiger partial charge on any atom is 0.223 e. The largest absolute Gasteiger partial charge is 0.377 e. The highest BCUT2D eigenvalue weighted by Gasteiger charge is 2.70. The molecule has 28 heavy (non-hydrogen) atoms. The fraction of sp³-hybridized carbons (Fsp3) is 0.588. The number of hydrogen-bond donors (Lipinski definition) is 3. The molecule has 3 heterocycles. The van der Waals surface area contributed by atoms with Gasteiger partial charge in [-0.1, -0.05) is 25.4 Å². The van der Waals surface area contributed by atoms with Crippen molar-refractivity contribution in [2.24, 2.45) is 5.92 Å². The third-order valence-corrected chi connectivity index (χ3v) is 6.25. The van der Waals surface area contributed by atoms with E-state index in [9.17, 15) is 14.7 Å². The van der Waals surface area contributed by atoms with E-state index >= 15 is 0 Å². The molecule has 0 aromatic carbocycles. The lowest BCUT2D eigenvalue weighted by atomic mass is 9.76. The summed E-state index contributed by atoms with van der Waals surface area (Å²) >= 11 is 10.6. The summed E-state index contributed by atoms with van der Waals surface area (Å²) in [4.78, 5) is 37.4. The van der Waals surface area contributed by atoms with Crippen molar-refractivity contribution in [1.82, 2.24) is 19.5 Å². The van der Waals surface area contributed by atoms with Gasteiger partial charge in [0.2, 0.25) is 5.95 Å². The first-order valence-electron chi connectivity index (χ1n) is 8.72. The van der Waals surface area contributed by atoms with Crippen molar-refractivity contribution >= 4 is 52.9 Å². The fourth-order valence-corrected chi connectivity index (χ4v) is 4.42. The number of nitrogen functional groups attached to an aromatic ring is 1. The van der Waals surface area contributed by atoms with E-state index in [1.165, 1.54) is 24.7 Å². The molecule has 0 aliphatic carbocycles. The number of ether oxygens (including phenoxy) is 1. The number of halogens is 1. The first-order chi connectivity index (χ1) is 12.9. The van der Waals surface area contributed by atoms with E-state index in [1.807, 2.05) is 13.8 Å². The Labute approximate surface area is 172 Å². The third kappa shape index (κ3) is 2.81. The molecule has 0 amide bonds. The van der Waals surface area contributed by atoms with Crippen LogP contribution in [-0.4, -0.2) is 52.6 Å². The maximum absolute atomic E-state index is 12.7. The molecule has 3 rings (SSSR count). The summed E-state index contributed by atoms with van der Waals surface area (Å²) in [7, 11) is 0. The van der Waals surface area contributed by atoms with E-state index in [-0.39, 0.29) is 28.2 Å². The fourth-order valence-electron chi connectivity index (χ4n) is 3.71. The number of ketones is 2. The molecular formula is C17H22ClN5O4S. The second-order valence-corrected chi connectivity index (χ2v) is 8.51. The van der Waals surface area contributed by atoms with Gasteiger partial charge < -0.3 is 15.6 Å². The molecule has 2 aromatic rings. The number of rotatable bonds is 5. The van der Waals surface area contributed by atoms with Crippen LogP contribution in [0.3, 0.4) is 0 Å². The van der Waals surface area contributed by atoms with E-state index in [1.54, 1.807) is 0 Å². The molecule has 3 N–H and O–H groups in total. The van der Waals surface area contributed by atoms with Gasteiger partial charge in [0.15, 0.2) is 38.9 Å². The number of fused-ring (bicyclic) bond motifs is 1. The molecule has 1 saturated heterocycles. The number of aromatic nitrogens is 4. The van der Waals surface area contributed by atoms with Gasteiger partial charge in [-0.25, -0.2) is 4.98 Å². The summed E-state index contributed by atoms with van der Waals surface area (Å²) in [5.74, 6) is -1.14. The predicted molar refractivity (Wildman–Crippen MR) is 106 cm³/mol. The van der Waals surface area contributed by atoms with Gasteiger partial charge >= 0.3 is 0 Å². The van der Waals surface area contributed by atoms with E-state index < -0.39 is 34.2 Å². The number of aliphatic hydroxyl groups is 1. The molecule has 1 aliphatic rings. The van der Waals surface area contributed by atoms with E-state index in [4.69, 9.17) is 22.1 Å². The standard InChI is InChI=1S/C17H22ClN5O4S/c1-7(2)5-10-16(26,8(3)24)17(28,9(4)25)14(27-10)23-6-20-11-12(18)21-15(19)22-13(11)23/h6-7,10,14,26,28H,5H2,1-4H3,(H2,19,21,22)/t10-,14-,16-,17+/m1/s1. The summed E-state index contributed by atoms with van der Waals surface area (Å²) < 4.78 is 5.60. The van der Waals surface area contributed by atoms with Crippen LogP contribution in [0.15, 0.2) is 6.33 Å². The van der Waals surface area contributed by atoms with Crippen LogP contribution in [0.5, 0.6) is 0 Å². The number of carbonyl (C=O) groups is 2. The van der Waals surface area contributed by atoms with Crippen LogP contribution in [-0.2, 0) is 14.3 Å². The molecule has 0 radical (unpaired) electrons. The van der Waals surface area contributed by atoms with Gasteiger partial charge in [0.05, 0.1) is 12.4 Å². The molecule has 2 aromatic heterocycles. The van der Waals surface area contributed by atoms with E-state index in [0.717, 1.165) is 0 Å². The zero-order valence-corrected chi connectivity index (χ0v) is 17.5. The molecule has 0 spiro atoms. The SMILES string of the molecule is CC(=O)[C@@]1(O)[C@@H](CC(C)C)O[C@@H](n2cnc3c(Cl)nc(N)nc32)[C@@]1(S)C(C)=O. The van der Waals surface area contributed by atoms with Gasteiger partial charge in [-0.15, -0.1) is 0 Å². The number of carbonyl (C=O) groups excluding carboxylic acids is 2. The van der Waals surface area contributed by atoms with E-state index in [2.05, 4.69) is 27.6 Å². The smallest absolute Gasteiger partial charge is 0.223 e. The van der Waals surface area contributed by atoms with Crippen molar-refractivity contribution < 1.29 is 19.4 Å². The Morgan fingerprint density at radius 1 is 1.39 bits per heavy atom. The molecular weight excluding hydrogens is 406 g/mol. The molecule has 4 atom stereocenters. The Hall–Kier alpha value is -1.75. The molecule has 0 unspecified atom stereocenters. The van der Waals surface area contributed by atoms with Gasteiger partial charge in [0.1, 0.15) is 5.52 Å². The molecule has 0 bridgehead atoms. The van der Waals surface area contributed by atoms with Crippen LogP contribution in [0.25, 0.3) is 11.2 Å². The minimum atomic E-state index is -2.14. The lowest BCUT2D eigenvalue weighted by molar-refractivity contribution is -0.147. The first-order valence-corrected chi connectivity index (χ1v) is 9.54. The predicted octanol–water partition coefficient (Wildman–Crippen LogP) is 1.58. The Bertz CT molecular complexity index is 966. The van der Waals surface area contributed by atoms with Gasteiger partial charge in [-0.05, 0) is 26.2 Å². The van der Waals surface area contributed by atoms with Crippen molar-refractivity contribution in [3.63, 3.8) is 0 Å². The highest BCUT2D eigenvalue weighted by atomic mass is 35.5. The minimum Gasteiger partial charge on any atom is -0.377 e. The van der Waals surface area contributed by atoms with Crippen molar-refractivity contribution in [2.75, 3.05) is 5.73 Å². The van der Waals surface area contributed by atoms with Crippen molar-refractivity contribution in [2.45, 2.75) is 56.8 Å².